The van der Waals surface area contributed by atoms with E-state index in [1.165, 1.54) is 0 Å². The number of rotatable bonds is 4. The molecule has 0 amide bonds. The minimum absolute atomic E-state index is 0.612. The molecule has 2 nitrogen and oxygen atoms in total. The normalized spacial score (nSPS) is 7.08. The molecule has 0 N–H and O–H groups in total. The summed E-state index contributed by atoms with van der Waals surface area (Å²) in [6, 6.07) is 21.7. The van der Waals surface area contributed by atoms with Crippen molar-refractivity contribution in [1.29, 1.82) is 0 Å². The smallest absolute Gasteiger partial charge is 0.119 e. The molecule has 0 aliphatic heterocycles. The third-order valence-electron chi connectivity index (χ3n) is 1.97. The fourth-order valence-corrected chi connectivity index (χ4v) is 1.14. The van der Waals surface area contributed by atoms with E-state index in [4.69, 9.17) is 9.47 Å². The van der Waals surface area contributed by atoms with Crippen LogP contribution in [-0.4, -0.2) is 20.3 Å². The van der Waals surface area contributed by atoms with Crippen LogP contribution in [0.5, 0.6) is 5.75 Å². The van der Waals surface area contributed by atoms with E-state index in [0.29, 0.717) is 13.2 Å². The van der Waals surface area contributed by atoms with E-state index in [0.717, 1.165) is 5.75 Å². The lowest BCUT2D eigenvalue weighted by molar-refractivity contribution is 0.146. The Morgan fingerprint density at radius 2 is 0.840 bits per heavy atom. The molecule has 2 rings (SSSR count). The SMILES string of the molecule is CC.CC.CC.CC.COCCOc1ccccc1.c1ccccc1. The lowest BCUT2D eigenvalue weighted by Gasteiger charge is -2.03. The second kappa shape index (κ2) is 38.0. The van der Waals surface area contributed by atoms with Crippen molar-refractivity contribution in [3.63, 3.8) is 0 Å². The molecule has 2 heteroatoms. The summed E-state index contributed by atoms with van der Waals surface area (Å²) in [5.74, 6) is 0.893. The maximum Gasteiger partial charge on any atom is 0.119 e. The van der Waals surface area contributed by atoms with Crippen molar-refractivity contribution >= 4 is 0 Å². The largest absolute Gasteiger partial charge is 0.491 e. The second-order valence-corrected chi connectivity index (χ2v) is 3.31. The first-order chi connectivity index (χ1) is 12.4. The molecule has 0 fully saturated rings. The molecule has 2 aromatic rings. The van der Waals surface area contributed by atoms with Gasteiger partial charge < -0.3 is 9.47 Å². The van der Waals surface area contributed by atoms with Crippen LogP contribution in [0.3, 0.4) is 0 Å². The molecule has 0 bridgehead atoms. The summed E-state index contributed by atoms with van der Waals surface area (Å²) < 4.78 is 10.2. The van der Waals surface area contributed by atoms with Crippen LogP contribution in [0.2, 0.25) is 0 Å². The first-order valence-corrected chi connectivity index (χ1v) is 9.60. The summed E-state index contributed by atoms with van der Waals surface area (Å²) in [6.07, 6.45) is 0. The summed E-state index contributed by atoms with van der Waals surface area (Å²) in [5.41, 5.74) is 0. The van der Waals surface area contributed by atoms with Gasteiger partial charge in [0.25, 0.3) is 0 Å². The van der Waals surface area contributed by atoms with Gasteiger partial charge in [0.05, 0.1) is 6.61 Å². The van der Waals surface area contributed by atoms with Crippen molar-refractivity contribution < 1.29 is 9.47 Å². The van der Waals surface area contributed by atoms with E-state index >= 15 is 0 Å². The Morgan fingerprint density at radius 1 is 0.520 bits per heavy atom. The number of hydrogen-bond acceptors (Lipinski definition) is 2. The van der Waals surface area contributed by atoms with Crippen molar-refractivity contribution in [2.75, 3.05) is 20.3 Å². The predicted octanol–water partition coefficient (Wildman–Crippen LogP) is 7.50. The molecule has 0 saturated carbocycles. The van der Waals surface area contributed by atoms with Gasteiger partial charge in [-0.3, -0.25) is 0 Å². The molecule has 0 unspecified atom stereocenters. The van der Waals surface area contributed by atoms with Crippen molar-refractivity contribution in [2.24, 2.45) is 0 Å². The van der Waals surface area contributed by atoms with Gasteiger partial charge in [0.1, 0.15) is 12.4 Å². The summed E-state index contributed by atoms with van der Waals surface area (Å²) in [6.45, 7) is 17.2. The molecule has 0 aliphatic rings. The number of para-hydroxylation sites is 1. The van der Waals surface area contributed by atoms with E-state index in [1.54, 1.807) is 7.11 Å². The van der Waals surface area contributed by atoms with Gasteiger partial charge in [-0.25, -0.2) is 0 Å². The van der Waals surface area contributed by atoms with Crippen LogP contribution in [0.4, 0.5) is 0 Å². The fraction of sp³-hybridized carbons (Fsp3) is 0.478. The van der Waals surface area contributed by atoms with Crippen LogP contribution < -0.4 is 4.74 Å². The molecular weight excluding hydrogens is 308 g/mol. The Kier molecular flexibility index (Phi) is 47.2. The van der Waals surface area contributed by atoms with Crippen molar-refractivity contribution in [2.45, 2.75) is 55.4 Å². The van der Waals surface area contributed by atoms with Crippen LogP contribution in [0.25, 0.3) is 0 Å². The Labute approximate surface area is 158 Å². The standard InChI is InChI=1S/C9H12O2.C6H6.4C2H6/c1-10-7-8-11-9-5-3-2-4-6-9;1-2-4-6-5-3-1;4*1-2/h2-6H,7-8H2,1H3;1-6H;4*1-2H3. The zero-order chi connectivity index (χ0) is 20.2. The number of benzene rings is 2. The van der Waals surface area contributed by atoms with E-state index in [1.807, 2.05) is 122 Å². The summed E-state index contributed by atoms with van der Waals surface area (Å²) >= 11 is 0. The van der Waals surface area contributed by atoms with Gasteiger partial charge in [-0.1, -0.05) is 110 Å². The Bertz CT molecular complexity index is 334. The summed E-state index contributed by atoms with van der Waals surface area (Å²) in [7, 11) is 1.66. The van der Waals surface area contributed by atoms with Crippen molar-refractivity contribution in [3.05, 3.63) is 66.7 Å². The molecule has 0 heterocycles. The zero-order valence-corrected chi connectivity index (χ0v) is 18.1. The van der Waals surface area contributed by atoms with Crippen LogP contribution in [0.15, 0.2) is 66.7 Å². The Morgan fingerprint density at radius 3 is 1.16 bits per heavy atom. The highest BCUT2D eigenvalue weighted by Crippen LogP contribution is 2.07. The zero-order valence-electron chi connectivity index (χ0n) is 18.1. The van der Waals surface area contributed by atoms with Gasteiger partial charge in [-0.15, -0.1) is 0 Å². The first-order valence-electron chi connectivity index (χ1n) is 9.60. The lowest BCUT2D eigenvalue weighted by atomic mass is 10.3. The van der Waals surface area contributed by atoms with E-state index in [2.05, 4.69) is 0 Å². The molecule has 25 heavy (non-hydrogen) atoms. The lowest BCUT2D eigenvalue weighted by Crippen LogP contribution is -2.03. The predicted molar refractivity (Wildman–Crippen MR) is 116 cm³/mol. The minimum atomic E-state index is 0.612. The topological polar surface area (TPSA) is 18.5 Å². The van der Waals surface area contributed by atoms with Gasteiger partial charge in [-0.05, 0) is 12.1 Å². The van der Waals surface area contributed by atoms with E-state index in [-0.39, 0.29) is 0 Å². The molecule has 0 atom stereocenters. The summed E-state index contributed by atoms with van der Waals surface area (Å²) in [5, 5.41) is 0. The average molecular weight is 351 g/mol. The van der Waals surface area contributed by atoms with Gasteiger partial charge >= 0.3 is 0 Å². The Balaban J connectivity index is -0.000000134. The molecular formula is C23H42O2. The second-order valence-electron chi connectivity index (χ2n) is 3.31. The summed E-state index contributed by atoms with van der Waals surface area (Å²) in [4.78, 5) is 0. The highest BCUT2D eigenvalue weighted by Gasteiger charge is 1.88. The molecule has 0 saturated heterocycles. The van der Waals surface area contributed by atoms with Crippen molar-refractivity contribution in [3.8, 4) is 5.75 Å². The molecule has 0 aromatic heterocycles. The molecule has 0 spiro atoms. The minimum Gasteiger partial charge on any atom is -0.491 e. The highest BCUT2D eigenvalue weighted by atomic mass is 16.5. The van der Waals surface area contributed by atoms with Crippen LogP contribution in [0, 0.1) is 0 Å². The quantitative estimate of drug-likeness (QED) is 0.531. The first kappa shape index (κ1) is 31.0. The third kappa shape index (κ3) is 30.6. The van der Waals surface area contributed by atoms with Gasteiger partial charge in [-0.2, -0.15) is 0 Å². The Hall–Kier alpha value is -1.80. The maximum atomic E-state index is 5.32. The third-order valence-corrected chi connectivity index (χ3v) is 1.97. The van der Waals surface area contributed by atoms with Gasteiger partial charge in [0.15, 0.2) is 0 Å². The van der Waals surface area contributed by atoms with Gasteiger partial charge in [0.2, 0.25) is 0 Å². The fourth-order valence-electron chi connectivity index (χ4n) is 1.14. The van der Waals surface area contributed by atoms with Crippen LogP contribution >= 0.6 is 0 Å². The monoisotopic (exact) mass is 350 g/mol. The van der Waals surface area contributed by atoms with Crippen LogP contribution in [-0.2, 0) is 4.74 Å². The molecule has 0 radical (unpaired) electrons. The molecule has 2 aromatic carbocycles. The maximum absolute atomic E-state index is 5.32. The number of hydrogen-bond donors (Lipinski definition) is 0. The molecule has 146 valence electrons. The number of ether oxygens (including phenoxy) is 2. The highest BCUT2D eigenvalue weighted by molar-refractivity contribution is 5.20. The van der Waals surface area contributed by atoms with E-state index in [9.17, 15) is 0 Å². The number of methoxy groups -OCH3 is 1. The van der Waals surface area contributed by atoms with Crippen molar-refractivity contribution in [1.82, 2.24) is 0 Å². The van der Waals surface area contributed by atoms with E-state index < -0.39 is 0 Å². The molecule has 0 aliphatic carbocycles. The van der Waals surface area contributed by atoms with Crippen LogP contribution in [0.1, 0.15) is 55.4 Å². The average Bonchev–Trinajstić information content (AvgIpc) is 2.77. The van der Waals surface area contributed by atoms with Gasteiger partial charge in [0, 0.05) is 7.11 Å².